The first-order chi connectivity index (χ1) is 12.5. The van der Waals surface area contributed by atoms with Crippen molar-refractivity contribution in [2.45, 2.75) is 0 Å². The molecule has 0 saturated heterocycles. The van der Waals surface area contributed by atoms with Crippen LogP contribution in [0.25, 0.3) is 0 Å². The van der Waals surface area contributed by atoms with E-state index in [0.717, 1.165) is 0 Å². The van der Waals surface area contributed by atoms with Crippen LogP contribution in [-0.4, -0.2) is 21.8 Å². The van der Waals surface area contributed by atoms with Crippen LogP contribution in [0.2, 0.25) is 5.15 Å². The highest BCUT2D eigenvalue weighted by atomic mass is 79.9. The molecule has 26 heavy (non-hydrogen) atoms. The molecule has 0 aliphatic rings. The zero-order valence-corrected chi connectivity index (χ0v) is 15.6. The molecule has 0 aliphatic heterocycles. The maximum absolute atomic E-state index is 12.4. The van der Waals surface area contributed by atoms with Crippen molar-refractivity contribution in [2.75, 3.05) is 10.6 Å². The van der Waals surface area contributed by atoms with E-state index in [1.54, 1.807) is 54.9 Å². The molecule has 2 N–H and O–H groups in total. The zero-order valence-electron chi connectivity index (χ0n) is 13.2. The monoisotopic (exact) mass is 430 g/mol. The standard InChI is InChI=1S/C18H12BrClN4O2/c19-12-9-15(16(20)22-10-12)18(26)24-14-3-1-2-11(8-14)17(25)23-13-4-6-21-7-5-13/h1-10H,(H,24,26)(H,21,23,25). The molecular formula is C18H12BrClN4O2. The van der Waals surface area contributed by atoms with Gasteiger partial charge in [0, 0.05) is 40.0 Å². The fraction of sp³-hybridized carbons (Fsp3) is 0. The zero-order chi connectivity index (χ0) is 18.5. The molecule has 0 aliphatic carbocycles. The van der Waals surface area contributed by atoms with E-state index >= 15 is 0 Å². The lowest BCUT2D eigenvalue weighted by Gasteiger charge is -2.09. The Balaban J connectivity index is 1.76. The van der Waals surface area contributed by atoms with Crippen LogP contribution in [0.3, 0.4) is 0 Å². The average molecular weight is 432 g/mol. The second-order valence-electron chi connectivity index (χ2n) is 5.22. The van der Waals surface area contributed by atoms with Crippen molar-refractivity contribution >= 4 is 50.7 Å². The summed E-state index contributed by atoms with van der Waals surface area (Å²) in [6, 6.07) is 11.5. The van der Waals surface area contributed by atoms with Crippen LogP contribution in [0.1, 0.15) is 20.7 Å². The van der Waals surface area contributed by atoms with E-state index in [4.69, 9.17) is 11.6 Å². The number of nitrogens with one attached hydrogen (secondary N) is 2. The molecule has 2 aromatic heterocycles. The van der Waals surface area contributed by atoms with E-state index in [9.17, 15) is 9.59 Å². The first kappa shape index (κ1) is 18.0. The number of aromatic nitrogens is 2. The highest BCUT2D eigenvalue weighted by Crippen LogP contribution is 2.20. The molecule has 0 saturated carbocycles. The summed E-state index contributed by atoms with van der Waals surface area (Å²) in [6.45, 7) is 0. The van der Waals surface area contributed by atoms with Gasteiger partial charge in [0.05, 0.1) is 5.56 Å². The lowest BCUT2D eigenvalue weighted by Crippen LogP contribution is -2.15. The SMILES string of the molecule is O=C(Nc1ccncc1)c1cccc(NC(=O)c2cc(Br)cnc2Cl)c1. The Bertz CT molecular complexity index is 966. The van der Waals surface area contributed by atoms with Crippen molar-refractivity contribution < 1.29 is 9.59 Å². The Morgan fingerprint density at radius 1 is 0.962 bits per heavy atom. The Morgan fingerprint density at radius 3 is 2.46 bits per heavy atom. The van der Waals surface area contributed by atoms with E-state index < -0.39 is 5.91 Å². The molecule has 3 rings (SSSR count). The minimum Gasteiger partial charge on any atom is -0.322 e. The van der Waals surface area contributed by atoms with Crippen LogP contribution in [0.4, 0.5) is 11.4 Å². The number of hydrogen-bond acceptors (Lipinski definition) is 4. The molecular weight excluding hydrogens is 420 g/mol. The Hall–Kier alpha value is -2.77. The van der Waals surface area contributed by atoms with Crippen LogP contribution in [0.5, 0.6) is 0 Å². The summed E-state index contributed by atoms with van der Waals surface area (Å²) < 4.78 is 0.637. The molecule has 2 heterocycles. The van der Waals surface area contributed by atoms with Gasteiger partial charge in [0.15, 0.2) is 0 Å². The predicted octanol–water partition coefficient (Wildman–Crippen LogP) is 4.40. The van der Waals surface area contributed by atoms with Gasteiger partial charge in [-0.3, -0.25) is 14.6 Å². The quantitative estimate of drug-likeness (QED) is 0.600. The number of benzene rings is 1. The third-order valence-corrected chi connectivity index (χ3v) is 4.11. The topological polar surface area (TPSA) is 84.0 Å². The fourth-order valence-electron chi connectivity index (χ4n) is 2.16. The first-order valence-corrected chi connectivity index (χ1v) is 8.64. The summed E-state index contributed by atoms with van der Waals surface area (Å²) in [5, 5.41) is 5.56. The first-order valence-electron chi connectivity index (χ1n) is 7.47. The van der Waals surface area contributed by atoms with Gasteiger partial charge in [0.25, 0.3) is 11.8 Å². The third-order valence-electron chi connectivity index (χ3n) is 3.37. The number of rotatable bonds is 4. The van der Waals surface area contributed by atoms with Gasteiger partial charge in [0.1, 0.15) is 5.15 Å². The molecule has 0 spiro atoms. The van der Waals surface area contributed by atoms with Crippen LogP contribution >= 0.6 is 27.5 Å². The van der Waals surface area contributed by atoms with Crippen LogP contribution in [0, 0.1) is 0 Å². The molecule has 1 aromatic carbocycles. The lowest BCUT2D eigenvalue weighted by molar-refractivity contribution is 0.101. The third kappa shape index (κ3) is 4.44. The second kappa shape index (κ2) is 8.07. The lowest BCUT2D eigenvalue weighted by atomic mass is 10.1. The number of hydrogen-bond donors (Lipinski definition) is 2. The smallest absolute Gasteiger partial charge is 0.258 e. The summed E-state index contributed by atoms with van der Waals surface area (Å²) in [7, 11) is 0. The Kier molecular flexibility index (Phi) is 5.60. The van der Waals surface area contributed by atoms with Crippen molar-refractivity contribution in [2.24, 2.45) is 0 Å². The van der Waals surface area contributed by atoms with Crippen LogP contribution < -0.4 is 10.6 Å². The fourth-order valence-corrected chi connectivity index (χ4v) is 2.68. The van der Waals surface area contributed by atoms with E-state index in [0.29, 0.717) is 21.4 Å². The highest BCUT2D eigenvalue weighted by Gasteiger charge is 2.13. The van der Waals surface area contributed by atoms with Crippen molar-refractivity contribution in [1.29, 1.82) is 0 Å². The van der Waals surface area contributed by atoms with Gasteiger partial charge in [-0.2, -0.15) is 0 Å². The summed E-state index contributed by atoms with van der Waals surface area (Å²) >= 11 is 9.22. The summed E-state index contributed by atoms with van der Waals surface area (Å²) in [5.41, 5.74) is 1.73. The minimum absolute atomic E-state index is 0.0947. The van der Waals surface area contributed by atoms with Crippen LogP contribution in [0.15, 0.2) is 65.5 Å². The molecule has 3 aromatic rings. The maximum Gasteiger partial charge on any atom is 0.258 e. The van der Waals surface area contributed by atoms with E-state index in [2.05, 4.69) is 36.5 Å². The number of anilines is 2. The van der Waals surface area contributed by atoms with Crippen molar-refractivity contribution in [3.8, 4) is 0 Å². The van der Waals surface area contributed by atoms with Crippen molar-refractivity contribution in [1.82, 2.24) is 9.97 Å². The summed E-state index contributed by atoms with van der Waals surface area (Å²) in [5.74, 6) is -0.718. The van der Waals surface area contributed by atoms with Gasteiger partial charge >= 0.3 is 0 Å². The van der Waals surface area contributed by atoms with E-state index in [1.165, 1.54) is 6.20 Å². The Morgan fingerprint density at radius 2 is 1.69 bits per heavy atom. The molecule has 8 heteroatoms. The molecule has 6 nitrogen and oxygen atoms in total. The van der Waals surface area contributed by atoms with E-state index in [-0.39, 0.29) is 16.6 Å². The maximum atomic E-state index is 12.4. The van der Waals surface area contributed by atoms with Crippen LogP contribution in [-0.2, 0) is 0 Å². The number of amides is 2. The number of pyridine rings is 2. The van der Waals surface area contributed by atoms with Gasteiger partial charge in [-0.1, -0.05) is 17.7 Å². The average Bonchev–Trinajstić information content (AvgIpc) is 2.64. The number of halogens is 2. The van der Waals surface area contributed by atoms with Gasteiger partial charge in [0.2, 0.25) is 0 Å². The van der Waals surface area contributed by atoms with Crippen molar-refractivity contribution in [3.63, 3.8) is 0 Å². The molecule has 0 unspecified atom stereocenters. The molecule has 130 valence electrons. The molecule has 0 bridgehead atoms. The van der Waals surface area contributed by atoms with E-state index in [1.807, 2.05) is 0 Å². The summed E-state index contributed by atoms with van der Waals surface area (Å²) in [6.07, 6.45) is 4.67. The van der Waals surface area contributed by atoms with Gasteiger partial charge < -0.3 is 10.6 Å². The molecule has 0 radical (unpaired) electrons. The molecule has 0 atom stereocenters. The van der Waals surface area contributed by atoms with Gasteiger partial charge in [-0.25, -0.2) is 4.98 Å². The minimum atomic E-state index is -0.421. The number of carbonyl (C=O) groups is 2. The van der Waals surface area contributed by atoms with Gasteiger partial charge in [-0.15, -0.1) is 0 Å². The largest absolute Gasteiger partial charge is 0.322 e. The molecule has 2 amide bonds. The Labute approximate surface area is 162 Å². The molecule has 0 fully saturated rings. The summed E-state index contributed by atoms with van der Waals surface area (Å²) in [4.78, 5) is 32.6. The number of nitrogens with zero attached hydrogens (tertiary/aromatic N) is 2. The van der Waals surface area contributed by atoms with Crippen molar-refractivity contribution in [3.05, 3.63) is 81.8 Å². The normalized spacial score (nSPS) is 10.2. The number of carbonyl (C=O) groups excluding carboxylic acids is 2. The van der Waals surface area contributed by atoms with Gasteiger partial charge in [-0.05, 0) is 52.3 Å². The second-order valence-corrected chi connectivity index (χ2v) is 6.49. The predicted molar refractivity (Wildman–Crippen MR) is 104 cm³/mol. The highest BCUT2D eigenvalue weighted by molar-refractivity contribution is 9.10.